The van der Waals surface area contributed by atoms with Crippen molar-refractivity contribution in [2.24, 2.45) is 0 Å². The molecule has 0 aliphatic rings. The first-order valence-corrected chi connectivity index (χ1v) is 10.4. The lowest BCUT2D eigenvalue weighted by Crippen LogP contribution is -2.27. The summed E-state index contributed by atoms with van der Waals surface area (Å²) in [6.07, 6.45) is 0.701. The SMILES string of the molecule is COc1ccc([C@H](C)NC(=O)CCc2nnc3ccc(-c4ccccc4)nn23)cc1OC. The summed E-state index contributed by atoms with van der Waals surface area (Å²) >= 11 is 0. The summed E-state index contributed by atoms with van der Waals surface area (Å²) in [4.78, 5) is 12.6. The molecule has 0 fully saturated rings. The highest BCUT2D eigenvalue weighted by Crippen LogP contribution is 2.29. The fraction of sp³-hybridized carbons (Fsp3) is 0.250. The van der Waals surface area contributed by atoms with Crippen LogP contribution in [0, 0.1) is 0 Å². The van der Waals surface area contributed by atoms with E-state index in [4.69, 9.17) is 9.47 Å². The van der Waals surface area contributed by atoms with E-state index in [2.05, 4.69) is 20.6 Å². The van der Waals surface area contributed by atoms with E-state index in [-0.39, 0.29) is 18.4 Å². The van der Waals surface area contributed by atoms with E-state index in [9.17, 15) is 4.79 Å². The van der Waals surface area contributed by atoms with Crippen molar-refractivity contribution >= 4 is 11.6 Å². The van der Waals surface area contributed by atoms with Crippen molar-refractivity contribution in [2.75, 3.05) is 14.2 Å². The monoisotopic (exact) mass is 431 g/mol. The van der Waals surface area contributed by atoms with E-state index in [1.54, 1.807) is 18.7 Å². The third-order valence-corrected chi connectivity index (χ3v) is 5.26. The second kappa shape index (κ2) is 9.47. The molecule has 4 aromatic rings. The van der Waals surface area contributed by atoms with E-state index in [0.717, 1.165) is 16.8 Å². The van der Waals surface area contributed by atoms with Crippen LogP contribution in [0.4, 0.5) is 0 Å². The normalized spacial score (nSPS) is 11.8. The highest BCUT2D eigenvalue weighted by Gasteiger charge is 2.15. The molecule has 8 heteroatoms. The third-order valence-electron chi connectivity index (χ3n) is 5.26. The number of methoxy groups -OCH3 is 2. The first kappa shape index (κ1) is 21.3. The molecule has 2 aromatic heterocycles. The quantitative estimate of drug-likeness (QED) is 0.458. The third kappa shape index (κ3) is 4.54. The molecule has 164 valence electrons. The van der Waals surface area contributed by atoms with Gasteiger partial charge in [0.25, 0.3) is 0 Å². The minimum Gasteiger partial charge on any atom is -0.493 e. The Kier molecular flexibility index (Phi) is 6.30. The molecule has 0 aliphatic carbocycles. The van der Waals surface area contributed by atoms with Gasteiger partial charge in [-0.1, -0.05) is 36.4 Å². The molecule has 2 heterocycles. The molecule has 0 radical (unpaired) electrons. The molecular formula is C24H25N5O3. The maximum absolute atomic E-state index is 12.6. The number of hydrogen-bond donors (Lipinski definition) is 1. The minimum atomic E-state index is -0.180. The summed E-state index contributed by atoms with van der Waals surface area (Å²) in [5.41, 5.74) is 3.41. The van der Waals surface area contributed by atoms with Gasteiger partial charge in [-0.15, -0.1) is 10.2 Å². The first-order valence-electron chi connectivity index (χ1n) is 10.4. The Morgan fingerprint density at radius 3 is 2.53 bits per heavy atom. The van der Waals surface area contributed by atoms with Crippen molar-refractivity contribution in [3.05, 3.63) is 72.1 Å². The van der Waals surface area contributed by atoms with E-state index in [0.29, 0.717) is 29.4 Å². The van der Waals surface area contributed by atoms with Crippen LogP contribution >= 0.6 is 0 Å². The Balaban J connectivity index is 1.43. The zero-order valence-electron chi connectivity index (χ0n) is 18.3. The molecule has 1 N–H and O–H groups in total. The van der Waals surface area contributed by atoms with Crippen LogP contribution in [0.2, 0.25) is 0 Å². The molecule has 32 heavy (non-hydrogen) atoms. The molecule has 0 unspecified atom stereocenters. The van der Waals surface area contributed by atoms with Crippen LogP contribution in [-0.4, -0.2) is 39.9 Å². The van der Waals surface area contributed by atoms with Crippen LogP contribution in [0.25, 0.3) is 16.9 Å². The van der Waals surface area contributed by atoms with E-state index in [1.807, 2.05) is 67.6 Å². The number of carbonyl (C=O) groups is 1. The van der Waals surface area contributed by atoms with Crippen LogP contribution < -0.4 is 14.8 Å². The van der Waals surface area contributed by atoms with Gasteiger partial charge in [0.05, 0.1) is 26.0 Å². The average molecular weight is 431 g/mol. The molecule has 0 saturated heterocycles. The first-order chi connectivity index (χ1) is 15.6. The molecule has 1 amide bonds. The Labute approximate surface area is 186 Å². The number of aryl methyl sites for hydroxylation is 1. The van der Waals surface area contributed by atoms with Gasteiger partial charge < -0.3 is 14.8 Å². The van der Waals surface area contributed by atoms with Gasteiger partial charge in [-0.3, -0.25) is 4.79 Å². The molecular weight excluding hydrogens is 406 g/mol. The molecule has 0 saturated carbocycles. The van der Waals surface area contributed by atoms with Crippen molar-refractivity contribution in [3.8, 4) is 22.8 Å². The van der Waals surface area contributed by atoms with Gasteiger partial charge in [0.2, 0.25) is 5.91 Å². The standard InChI is InChI=1S/C24H25N5O3/c1-16(18-9-11-20(31-2)21(15-18)32-3)25-24(30)14-13-23-27-26-22-12-10-19(28-29(22)23)17-7-5-4-6-8-17/h4-12,15-16H,13-14H2,1-3H3,(H,25,30)/t16-/m0/s1. The summed E-state index contributed by atoms with van der Waals surface area (Å²) in [5, 5.41) is 16.1. The van der Waals surface area contributed by atoms with Gasteiger partial charge in [-0.05, 0) is 36.8 Å². The Morgan fingerprint density at radius 1 is 1.00 bits per heavy atom. The number of aromatic nitrogens is 4. The summed E-state index contributed by atoms with van der Waals surface area (Å²) in [6.45, 7) is 1.93. The topological polar surface area (TPSA) is 90.6 Å². The number of rotatable bonds is 8. The van der Waals surface area contributed by atoms with Crippen LogP contribution in [0.1, 0.15) is 30.8 Å². The Morgan fingerprint density at radius 2 is 1.78 bits per heavy atom. The molecule has 1 atom stereocenters. The maximum Gasteiger partial charge on any atom is 0.220 e. The second-order valence-electron chi connectivity index (χ2n) is 7.37. The molecule has 2 aromatic carbocycles. The number of ether oxygens (including phenoxy) is 2. The highest BCUT2D eigenvalue weighted by molar-refractivity contribution is 5.76. The zero-order chi connectivity index (χ0) is 22.5. The molecule has 8 nitrogen and oxygen atoms in total. The largest absolute Gasteiger partial charge is 0.493 e. The lowest BCUT2D eigenvalue weighted by atomic mass is 10.1. The van der Waals surface area contributed by atoms with Crippen LogP contribution in [-0.2, 0) is 11.2 Å². The molecule has 0 aliphatic heterocycles. The van der Waals surface area contributed by atoms with Gasteiger partial charge >= 0.3 is 0 Å². The number of carbonyl (C=O) groups excluding carboxylic acids is 1. The highest BCUT2D eigenvalue weighted by atomic mass is 16.5. The molecule has 0 bridgehead atoms. The summed E-state index contributed by atoms with van der Waals surface area (Å²) in [5.74, 6) is 1.84. The summed E-state index contributed by atoms with van der Waals surface area (Å²) in [7, 11) is 3.18. The zero-order valence-corrected chi connectivity index (χ0v) is 18.3. The number of fused-ring (bicyclic) bond motifs is 1. The van der Waals surface area contributed by atoms with E-state index >= 15 is 0 Å². The van der Waals surface area contributed by atoms with Gasteiger partial charge in [0, 0.05) is 18.4 Å². The lowest BCUT2D eigenvalue weighted by molar-refractivity contribution is -0.121. The predicted molar refractivity (Wildman–Crippen MR) is 121 cm³/mol. The smallest absolute Gasteiger partial charge is 0.220 e. The van der Waals surface area contributed by atoms with Crippen molar-refractivity contribution < 1.29 is 14.3 Å². The molecule has 0 spiro atoms. The van der Waals surface area contributed by atoms with Crippen molar-refractivity contribution in [3.63, 3.8) is 0 Å². The van der Waals surface area contributed by atoms with Crippen molar-refractivity contribution in [1.29, 1.82) is 0 Å². The number of nitrogens with zero attached hydrogens (tertiary/aromatic N) is 4. The van der Waals surface area contributed by atoms with Crippen LogP contribution in [0.15, 0.2) is 60.7 Å². The molecule has 4 rings (SSSR count). The number of hydrogen-bond acceptors (Lipinski definition) is 6. The summed E-state index contributed by atoms with van der Waals surface area (Å²) in [6, 6.07) is 19.1. The van der Waals surface area contributed by atoms with Crippen molar-refractivity contribution in [1.82, 2.24) is 25.1 Å². The van der Waals surface area contributed by atoms with E-state index in [1.165, 1.54) is 0 Å². The van der Waals surface area contributed by atoms with E-state index < -0.39 is 0 Å². The van der Waals surface area contributed by atoms with Crippen LogP contribution in [0.5, 0.6) is 11.5 Å². The average Bonchev–Trinajstić information content (AvgIpc) is 3.25. The van der Waals surface area contributed by atoms with Gasteiger partial charge in [0.15, 0.2) is 23.0 Å². The second-order valence-corrected chi connectivity index (χ2v) is 7.37. The Hall–Kier alpha value is -3.94. The van der Waals surface area contributed by atoms with Crippen molar-refractivity contribution in [2.45, 2.75) is 25.8 Å². The minimum absolute atomic E-state index is 0.0803. The fourth-order valence-electron chi connectivity index (χ4n) is 3.50. The maximum atomic E-state index is 12.6. The fourth-order valence-corrected chi connectivity index (χ4v) is 3.50. The van der Waals surface area contributed by atoms with Gasteiger partial charge in [0.1, 0.15) is 0 Å². The van der Waals surface area contributed by atoms with Gasteiger partial charge in [-0.2, -0.15) is 9.61 Å². The van der Waals surface area contributed by atoms with Gasteiger partial charge in [-0.25, -0.2) is 0 Å². The number of amides is 1. The van der Waals surface area contributed by atoms with Crippen LogP contribution in [0.3, 0.4) is 0 Å². The summed E-state index contributed by atoms with van der Waals surface area (Å²) < 4.78 is 12.3. The number of benzene rings is 2. The lowest BCUT2D eigenvalue weighted by Gasteiger charge is -2.16. The Bertz CT molecular complexity index is 1220. The number of nitrogens with one attached hydrogen (secondary N) is 1. The predicted octanol–water partition coefficient (Wildman–Crippen LogP) is 3.62.